The van der Waals surface area contributed by atoms with E-state index in [1.54, 1.807) is 19.1 Å². The van der Waals surface area contributed by atoms with Crippen LogP contribution in [0.2, 0.25) is 0 Å². The van der Waals surface area contributed by atoms with Crippen LogP contribution in [-0.4, -0.2) is 7.11 Å². The van der Waals surface area contributed by atoms with E-state index in [2.05, 4.69) is 0 Å². The maximum atomic E-state index is 13.7. The smallest absolute Gasteiger partial charge is 0.162 e. The molecule has 0 saturated heterocycles. The number of rotatable bonds is 4. The summed E-state index contributed by atoms with van der Waals surface area (Å²) in [6.45, 7) is 3.49. The normalized spacial score (nSPS) is 14.3. The highest BCUT2D eigenvalue weighted by Gasteiger charge is 2.14. The first kappa shape index (κ1) is 12.7. The van der Waals surface area contributed by atoms with Crippen LogP contribution in [0.3, 0.4) is 0 Å². The molecule has 0 N–H and O–H groups in total. The molecule has 1 atom stereocenters. The summed E-state index contributed by atoms with van der Waals surface area (Å²) in [5, 5.41) is 0. The van der Waals surface area contributed by atoms with Crippen LogP contribution in [-0.2, 0) is 0 Å². The highest BCUT2D eigenvalue weighted by Crippen LogP contribution is 2.28. The second-order valence-corrected chi connectivity index (χ2v) is 3.70. The van der Waals surface area contributed by atoms with Crippen LogP contribution >= 0.6 is 0 Å². The summed E-state index contributed by atoms with van der Waals surface area (Å²) in [4.78, 5) is 0. The van der Waals surface area contributed by atoms with Crippen molar-refractivity contribution in [1.29, 1.82) is 0 Å². The number of hydrogen-bond donors (Lipinski definition) is 0. The molecular weight excluding hydrogens is 210 g/mol. The second-order valence-electron chi connectivity index (χ2n) is 3.70. The number of halogens is 2. The Morgan fingerprint density at radius 2 is 1.81 bits per heavy atom. The van der Waals surface area contributed by atoms with Crippen molar-refractivity contribution in [2.24, 2.45) is 5.92 Å². The van der Waals surface area contributed by atoms with Gasteiger partial charge in [0.25, 0.3) is 0 Å². The highest BCUT2D eigenvalue weighted by atomic mass is 19.2. The quantitative estimate of drug-likeness (QED) is 0.741. The average molecular weight is 226 g/mol. The molecule has 0 amide bonds. The molecular formula is C13H16F2O. The van der Waals surface area contributed by atoms with E-state index in [0.717, 1.165) is 0 Å². The van der Waals surface area contributed by atoms with Gasteiger partial charge in [-0.15, -0.1) is 0 Å². The Morgan fingerprint density at radius 1 is 1.25 bits per heavy atom. The lowest BCUT2D eigenvalue weighted by Gasteiger charge is -2.07. The molecule has 1 unspecified atom stereocenters. The monoisotopic (exact) mass is 226 g/mol. The van der Waals surface area contributed by atoms with Crippen molar-refractivity contribution in [3.05, 3.63) is 35.7 Å². The highest BCUT2D eigenvalue weighted by molar-refractivity contribution is 5.61. The zero-order chi connectivity index (χ0) is 12.1. The van der Waals surface area contributed by atoms with E-state index in [0.29, 0.717) is 12.2 Å². The summed E-state index contributed by atoms with van der Waals surface area (Å²) in [5.41, 5.74) is 0.249. The minimum absolute atomic E-state index is 0.249. The number of benzene rings is 1. The zero-order valence-corrected chi connectivity index (χ0v) is 9.76. The Morgan fingerprint density at radius 3 is 2.25 bits per heavy atom. The molecule has 3 heteroatoms. The Bertz CT molecular complexity index is 368. The van der Waals surface area contributed by atoms with Crippen molar-refractivity contribution in [2.75, 3.05) is 7.11 Å². The fourth-order valence-electron chi connectivity index (χ4n) is 1.27. The first-order valence-corrected chi connectivity index (χ1v) is 5.29. The molecule has 0 bridgehead atoms. The first-order chi connectivity index (χ1) is 7.60. The van der Waals surface area contributed by atoms with Gasteiger partial charge in [0.1, 0.15) is 11.6 Å². The minimum atomic E-state index is -0.781. The van der Waals surface area contributed by atoms with E-state index >= 15 is 0 Å². The summed E-state index contributed by atoms with van der Waals surface area (Å²) >= 11 is 0. The molecule has 0 aromatic heterocycles. The van der Waals surface area contributed by atoms with E-state index < -0.39 is 11.7 Å². The van der Waals surface area contributed by atoms with Gasteiger partial charge >= 0.3 is 0 Å². The predicted octanol–water partition coefficient (Wildman–Crippen LogP) is 4.35. The number of methoxy groups -OCH3 is 1. The Labute approximate surface area is 94.7 Å². The van der Waals surface area contributed by atoms with Crippen LogP contribution in [0.1, 0.15) is 25.8 Å². The van der Waals surface area contributed by atoms with Gasteiger partial charge in [0.05, 0.1) is 7.11 Å². The maximum absolute atomic E-state index is 13.7. The predicted molar refractivity (Wildman–Crippen MR) is 61.6 cm³/mol. The van der Waals surface area contributed by atoms with Gasteiger partial charge in [-0.25, -0.2) is 8.78 Å². The topological polar surface area (TPSA) is 9.23 Å². The molecule has 88 valence electrons. The van der Waals surface area contributed by atoms with Gasteiger partial charge in [-0.05, 0) is 30.7 Å². The molecule has 0 aliphatic heterocycles. The molecule has 0 aliphatic carbocycles. The molecule has 16 heavy (non-hydrogen) atoms. The third kappa shape index (κ3) is 2.81. The maximum Gasteiger partial charge on any atom is 0.162 e. The molecule has 1 aromatic carbocycles. The molecule has 1 rings (SSSR count). The fourth-order valence-corrected chi connectivity index (χ4v) is 1.27. The Kier molecular flexibility index (Phi) is 4.47. The van der Waals surface area contributed by atoms with E-state index in [4.69, 9.17) is 4.74 Å². The van der Waals surface area contributed by atoms with E-state index in [1.807, 2.05) is 6.92 Å². The van der Waals surface area contributed by atoms with Crippen molar-refractivity contribution in [3.63, 3.8) is 0 Å². The molecule has 0 radical (unpaired) electrons. The summed E-state index contributed by atoms with van der Waals surface area (Å²) in [5.74, 6) is -1.23. The minimum Gasteiger partial charge on any atom is -0.497 e. The standard InChI is InChI=1S/C13H16F2O/c1-4-9(2)12(14)13(15)10-5-7-11(16-3)8-6-10/h5-9H,4H2,1-3H3/b13-12-. The molecule has 1 aromatic rings. The fraction of sp³-hybridized carbons (Fsp3) is 0.385. The van der Waals surface area contributed by atoms with Gasteiger partial charge in [0.15, 0.2) is 5.83 Å². The van der Waals surface area contributed by atoms with Crippen molar-refractivity contribution < 1.29 is 13.5 Å². The summed E-state index contributed by atoms with van der Waals surface area (Å²) in [6.07, 6.45) is 0.579. The lowest BCUT2D eigenvalue weighted by atomic mass is 10.0. The average Bonchev–Trinajstić information content (AvgIpc) is 2.36. The lowest BCUT2D eigenvalue weighted by Crippen LogP contribution is -1.95. The Balaban J connectivity index is 2.99. The molecule has 0 spiro atoms. The second kappa shape index (κ2) is 5.64. The van der Waals surface area contributed by atoms with E-state index in [-0.39, 0.29) is 11.5 Å². The molecule has 1 nitrogen and oxygen atoms in total. The van der Waals surface area contributed by atoms with Gasteiger partial charge in [-0.3, -0.25) is 0 Å². The van der Waals surface area contributed by atoms with Crippen molar-refractivity contribution in [2.45, 2.75) is 20.3 Å². The summed E-state index contributed by atoms with van der Waals surface area (Å²) in [6, 6.07) is 6.24. The van der Waals surface area contributed by atoms with Crippen LogP contribution < -0.4 is 4.74 Å². The molecule has 0 heterocycles. The van der Waals surface area contributed by atoms with E-state index in [1.165, 1.54) is 19.2 Å². The molecule has 0 aliphatic rings. The number of ether oxygens (including phenoxy) is 1. The molecule has 0 saturated carbocycles. The van der Waals surface area contributed by atoms with Crippen molar-refractivity contribution in [3.8, 4) is 5.75 Å². The largest absolute Gasteiger partial charge is 0.497 e. The van der Waals surface area contributed by atoms with Crippen LogP contribution in [0.25, 0.3) is 5.83 Å². The summed E-state index contributed by atoms with van der Waals surface area (Å²) < 4.78 is 32.1. The third-order valence-electron chi connectivity index (χ3n) is 2.60. The first-order valence-electron chi connectivity index (χ1n) is 5.29. The number of hydrogen-bond acceptors (Lipinski definition) is 1. The van der Waals surface area contributed by atoms with Gasteiger partial charge in [0.2, 0.25) is 0 Å². The summed E-state index contributed by atoms with van der Waals surface area (Å²) in [7, 11) is 1.53. The van der Waals surface area contributed by atoms with Crippen molar-refractivity contribution in [1.82, 2.24) is 0 Å². The van der Waals surface area contributed by atoms with Gasteiger partial charge in [-0.2, -0.15) is 0 Å². The lowest BCUT2D eigenvalue weighted by molar-refractivity contribution is 0.414. The Hall–Kier alpha value is -1.38. The van der Waals surface area contributed by atoms with Crippen LogP contribution in [0, 0.1) is 5.92 Å². The van der Waals surface area contributed by atoms with Crippen LogP contribution in [0.15, 0.2) is 30.1 Å². The van der Waals surface area contributed by atoms with E-state index in [9.17, 15) is 8.78 Å². The third-order valence-corrected chi connectivity index (χ3v) is 2.60. The van der Waals surface area contributed by atoms with Gasteiger partial charge in [0, 0.05) is 11.5 Å². The van der Waals surface area contributed by atoms with Crippen LogP contribution in [0.4, 0.5) is 8.78 Å². The van der Waals surface area contributed by atoms with Gasteiger partial charge in [-0.1, -0.05) is 13.8 Å². The van der Waals surface area contributed by atoms with Crippen molar-refractivity contribution >= 4 is 5.83 Å². The molecule has 0 fully saturated rings. The van der Waals surface area contributed by atoms with Crippen LogP contribution in [0.5, 0.6) is 5.75 Å². The van der Waals surface area contributed by atoms with Gasteiger partial charge < -0.3 is 4.74 Å². The SMILES string of the molecule is CCC(C)/C(F)=C(/F)c1ccc(OC)cc1. The zero-order valence-electron chi connectivity index (χ0n) is 9.76. The number of allylic oxidation sites excluding steroid dienone is 1.